The van der Waals surface area contributed by atoms with Gasteiger partial charge in [0.25, 0.3) is 0 Å². The third-order valence-electron chi connectivity index (χ3n) is 9.29. The molecule has 0 spiro atoms. The number of alkyl halides is 3. The summed E-state index contributed by atoms with van der Waals surface area (Å²) >= 11 is 0. The second-order valence-corrected chi connectivity index (χ2v) is 14.1. The maximum atomic E-state index is 14.1. The summed E-state index contributed by atoms with van der Waals surface area (Å²) in [7, 11) is 1.13. The number of hydrogen-bond donors (Lipinski definition) is 2. The number of carbonyl (C=O) groups excluding carboxylic acids is 3. The van der Waals surface area contributed by atoms with E-state index in [1.54, 1.807) is 33.0 Å². The molecule has 0 bridgehead atoms. The quantitative estimate of drug-likeness (QED) is 0.104. The molecule has 4 aromatic carbocycles. The van der Waals surface area contributed by atoms with Crippen molar-refractivity contribution in [1.29, 1.82) is 0 Å². The van der Waals surface area contributed by atoms with Crippen molar-refractivity contribution in [3.63, 3.8) is 0 Å². The molecule has 55 heavy (non-hydrogen) atoms. The van der Waals surface area contributed by atoms with E-state index < -0.39 is 53.3 Å². The number of hydrogen-bond acceptors (Lipinski definition) is 8. The SMILES string of the molecule is COC(=O)C(Cc1cc2ccnc(NC(c3ccccc3)(c3ccccc3)c3ccccc3)c2cc1OC(F)(F)F)N1CCC(NC(=O)OC(C)(C)C)C1=O. The van der Waals surface area contributed by atoms with Gasteiger partial charge in [-0.25, -0.2) is 14.6 Å². The average molecular weight is 755 g/mol. The lowest BCUT2D eigenvalue weighted by Crippen LogP contribution is -2.49. The first-order valence-corrected chi connectivity index (χ1v) is 17.7. The summed E-state index contributed by atoms with van der Waals surface area (Å²) in [5.41, 5.74) is 0.683. The molecule has 1 aliphatic rings. The molecule has 2 atom stereocenters. The van der Waals surface area contributed by atoms with Gasteiger partial charge in [-0.1, -0.05) is 91.0 Å². The predicted octanol–water partition coefficient (Wildman–Crippen LogP) is 7.75. The van der Waals surface area contributed by atoms with Gasteiger partial charge in [0.2, 0.25) is 5.91 Å². The molecule has 286 valence electrons. The molecule has 1 fully saturated rings. The number of anilines is 1. The molecule has 0 saturated carbocycles. The highest BCUT2D eigenvalue weighted by atomic mass is 19.4. The summed E-state index contributed by atoms with van der Waals surface area (Å²) in [6.07, 6.45) is -4.62. The normalized spacial score (nSPS) is 15.4. The fourth-order valence-corrected chi connectivity index (χ4v) is 6.95. The Balaban J connectivity index is 1.43. The Morgan fingerprint density at radius 3 is 1.95 bits per heavy atom. The number of halogens is 3. The number of carbonyl (C=O) groups is 3. The van der Waals surface area contributed by atoms with Gasteiger partial charge in [-0.05, 0) is 73.0 Å². The number of nitrogens with one attached hydrogen (secondary N) is 2. The van der Waals surface area contributed by atoms with Gasteiger partial charge in [0.05, 0.1) is 7.11 Å². The average Bonchev–Trinajstić information content (AvgIpc) is 3.50. The molecule has 5 aromatic rings. The summed E-state index contributed by atoms with van der Waals surface area (Å²) in [6.45, 7) is 5.05. The van der Waals surface area contributed by atoms with Crippen molar-refractivity contribution in [1.82, 2.24) is 15.2 Å². The number of aromatic nitrogens is 1. The molecule has 1 aliphatic heterocycles. The first kappa shape index (κ1) is 38.6. The third kappa shape index (κ3) is 8.66. The maximum absolute atomic E-state index is 14.1. The Bertz CT molecular complexity index is 2050. The van der Waals surface area contributed by atoms with E-state index in [2.05, 4.69) is 20.4 Å². The lowest BCUT2D eigenvalue weighted by atomic mass is 9.77. The van der Waals surface area contributed by atoms with E-state index in [0.717, 1.165) is 23.8 Å². The van der Waals surface area contributed by atoms with Crippen LogP contribution in [-0.2, 0) is 31.0 Å². The molecular weight excluding hydrogens is 713 g/mol. The number of rotatable bonds is 11. The molecule has 6 rings (SSSR count). The Hall–Kier alpha value is -6.11. The van der Waals surface area contributed by atoms with Crippen LogP contribution in [0.3, 0.4) is 0 Å². The highest BCUT2D eigenvalue weighted by molar-refractivity contribution is 5.95. The lowest BCUT2D eigenvalue weighted by molar-refractivity contribution is -0.274. The summed E-state index contributed by atoms with van der Waals surface area (Å²) < 4.78 is 57.3. The van der Waals surface area contributed by atoms with Crippen molar-refractivity contribution in [3.05, 3.63) is 138 Å². The van der Waals surface area contributed by atoms with Crippen LogP contribution in [0.25, 0.3) is 10.8 Å². The van der Waals surface area contributed by atoms with E-state index in [-0.39, 0.29) is 30.8 Å². The molecule has 10 nitrogen and oxygen atoms in total. The highest BCUT2D eigenvalue weighted by Gasteiger charge is 2.42. The number of amides is 2. The van der Waals surface area contributed by atoms with Crippen molar-refractivity contribution in [2.24, 2.45) is 0 Å². The van der Waals surface area contributed by atoms with Crippen LogP contribution in [0.5, 0.6) is 5.75 Å². The first-order valence-electron chi connectivity index (χ1n) is 17.7. The summed E-state index contributed by atoms with van der Waals surface area (Å²) in [5, 5.41) is 6.96. The van der Waals surface area contributed by atoms with Crippen molar-refractivity contribution >= 4 is 34.6 Å². The van der Waals surface area contributed by atoms with Crippen LogP contribution in [0.15, 0.2) is 115 Å². The van der Waals surface area contributed by atoms with Crippen LogP contribution < -0.4 is 15.4 Å². The van der Waals surface area contributed by atoms with Gasteiger partial charge in [-0.15, -0.1) is 13.2 Å². The zero-order valence-electron chi connectivity index (χ0n) is 30.7. The molecule has 0 radical (unpaired) electrons. The number of esters is 1. The summed E-state index contributed by atoms with van der Waals surface area (Å²) in [5.74, 6) is -1.76. The highest BCUT2D eigenvalue weighted by Crippen LogP contribution is 2.42. The number of ether oxygens (including phenoxy) is 3. The van der Waals surface area contributed by atoms with Crippen LogP contribution in [0.2, 0.25) is 0 Å². The van der Waals surface area contributed by atoms with E-state index in [4.69, 9.17) is 9.47 Å². The molecule has 2 heterocycles. The van der Waals surface area contributed by atoms with Crippen molar-refractivity contribution in [3.8, 4) is 5.75 Å². The number of nitrogens with zero attached hydrogens (tertiary/aromatic N) is 2. The van der Waals surface area contributed by atoms with Gasteiger partial charge in [0, 0.05) is 24.5 Å². The van der Waals surface area contributed by atoms with Crippen molar-refractivity contribution < 1.29 is 41.8 Å². The first-order chi connectivity index (χ1) is 26.2. The zero-order chi connectivity index (χ0) is 39.4. The predicted molar refractivity (Wildman–Crippen MR) is 200 cm³/mol. The molecule has 1 saturated heterocycles. The monoisotopic (exact) mass is 754 g/mol. The van der Waals surface area contributed by atoms with Gasteiger partial charge in [0.15, 0.2) is 0 Å². The smallest absolute Gasteiger partial charge is 0.467 e. The zero-order valence-corrected chi connectivity index (χ0v) is 30.7. The summed E-state index contributed by atoms with van der Waals surface area (Å²) in [6, 6.07) is 31.0. The van der Waals surface area contributed by atoms with Crippen LogP contribution in [0.1, 0.15) is 49.4 Å². The van der Waals surface area contributed by atoms with E-state index in [1.165, 1.54) is 17.0 Å². The topological polar surface area (TPSA) is 119 Å². The Morgan fingerprint density at radius 1 is 0.873 bits per heavy atom. The Morgan fingerprint density at radius 2 is 1.44 bits per heavy atom. The molecule has 0 aliphatic carbocycles. The molecule has 2 N–H and O–H groups in total. The summed E-state index contributed by atoms with van der Waals surface area (Å²) in [4.78, 5) is 45.1. The number of pyridine rings is 1. The van der Waals surface area contributed by atoms with E-state index in [0.29, 0.717) is 10.8 Å². The number of likely N-dealkylation sites (tertiary alicyclic amines) is 1. The molecule has 13 heteroatoms. The van der Waals surface area contributed by atoms with Gasteiger partial charge < -0.3 is 29.7 Å². The second-order valence-electron chi connectivity index (χ2n) is 14.1. The van der Waals surface area contributed by atoms with Gasteiger partial charge in [-0.3, -0.25) is 4.79 Å². The van der Waals surface area contributed by atoms with Crippen molar-refractivity contribution in [2.75, 3.05) is 19.0 Å². The standard InChI is InChI=1S/C42H41F3N4O6/c1-40(2,3)55-39(52)47-33-21-23-49(37(33)50)34(38(51)53-4)25-28-24-27-20-22-46-36(32(27)26-35(28)54-42(43,44)45)48-41(29-14-8-5-9-15-29,30-16-10-6-11-17-30)31-18-12-7-13-19-31/h5-20,22,24,26,33-34H,21,23,25H2,1-4H3,(H,46,48)(H,47,52). The van der Waals surface area contributed by atoms with Crippen LogP contribution >= 0.6 is 0 Å². The number of alkyl carbamates (subject to hydrolysis) is 1. The molecule has 1 aromatic heterocycles. The molecule has 2 unspecified atom stereocenters. The largest absolute Gasteiger partial charge is 0.573 e. The maximum Gasteiger partial charge on any atom is 0.573 e. The van der Waals surface area contributed by atoms with Gasteiger partial charge >= 0.3 is 18.4 Å². The van der Waals surface area contributed by atoms with Crippen molar-refractivity contribution in [2.45, 2.75) is 63.2 Å². The van der Waals surface area contributed by atoms with Crippen LogP contribution in [-0.4, -0.2) is 65.6 Å². The van der Waals surface area contributed by atoms with E-state index in [1.807, 2.05) is 91.0 Å². The van der Waals surface area contributed by atoms with E-state index >= 15 is 0 Å². The Kier molecular flexibility index (Phi) is 11.0. The second kappa shape index (κ2) is 15.7. The Labute approximate surface area is 316 Å². The number of fused-ring (bicyclic) bond motifs is 1. The third-order valence-corrected chi connectivity index (χ3v) is 9.29. The van der Waals surface area contributed by atoms with E-state index in [9.17, 15) is 27.6 Å². The van der Waals surface area contributed by atoms with Crippen LogP contribution in [0, 0.1) is 0 Å². The van der Waals surface area contributed by atoms with Gasteiger partial charge in [-0.2, -0.15) is 0 Å². The minimum absolute atomic E-state index is 0.00540. The molecular formula is C42H41F3N4O6. The lowest BCUT2D eigenvalue weighted by Gasteiger charge is -2.37. The minimum Gasteiger partial charge on any atom is -0.467 e. The van der Waals surface area contributed by atoms with Crippen LogP contribution in [0.4, 0.5) is 23.8 Å². The number of methoxy groups -OCH3 is 1. The number of benzene rings is 4. The minimum atomic E-state index is -5.10. The van der Waals surface area contributed by atoms with Gasteiger partial charge in [0.1, 0.15) is 34.8 Å². The fourth-order valence-electron chi connectivity index (χ4n) is 6.95. The fraction of sp³-hybridized carbons (Fsp3) is 0.286. The molecule has 2 amide bonds.